The molecule has 2 aliphatic heterocycles. The fourth-order valence-electron chi connectivity index (χ4n) is 5.43. The van der Waals surface area contributed by atoms with Gasteiger partial charge in [-0.3, -0.25) is 4.90 Å². The highest BCUT2D eigenvalue weighted by molar-refractivity contribution is 5.98. The van der Waals surface area contributed by atoms with Crippen molar-refractivity contribution in [3.63, 3.8) is 0 Å². The van der Waals surface area contributed by atoms with Crippen molar-refractivity contribution in [1.82, 2.24) is 30.0 Å². The number of aromatic nitrogens is 4. The minimum atomic E-state index is -1.04. The lowest BCUT2D eigenvalue weighted by Crippen LogP contribution is -2.50. The van der Waals surface area contributed by atoms with Gasteiger partial charge in [-0.25, -0.2) is 19.0 Å². The highest BCUT2D eigenvalue weighted by Gasteiger charge is 2.36. The number of benzene rings is 2. The predicted molar refractivity (Wildman–Crippen MR) is 138 cm³/mol. The van der Waals surface area contributed by atoms with Gasteiger partial charge in [-0.15, -0.1) is 0 Å². The maximum Gasteiger partial charge on any atom is 0.164 e. The summed E-state index contributed by atoms with van der Waals surface area (Å²) in [4.78, 5) is 11.0. The van der Waals surface area contributed by atoms with Gasteiger partial charge in [0.25, 0.3) is 0 Å². The normalized spacial score (nSPS) is 21.6. The van der Waals surface area contributed by atoms with E-state index in [1.807, 2.05) is 54.6 Å². The Labute approximate surface area is 209 Å². The summed E-state index contributed by atoms with van der Waals surface area (Å²) in [5.41, 5.74) is 8.37. The monoisotopic (exact) mass is 487 g/mol. The van der Waals surface area contributed by atoms with Gasteiger partial charge in [0.05, 0.1) is 11.4 Å². The van der Waals surface area contributed by atoms with Crippen molar-refractivity contribution in [1.29, 1.82) is 0 Å². The van der Waals surface area contributed by atoms with Crippen LogP contribution >= 0.6 is 0 Å². The van der Waals surface area contributed by atoms with E-state index in [0.717, 1.165) is 43.8 Å². The summed E-state index contributed by atoms with van der Waals surface area (Å²) in [5, 5.41) is 8.92. The summed E-state index contributed by atoms with van der Waals surface area (Å²) in [5.74, 6) is 1.82. The number of fused-ring (bicyclic) bond motifs is 1. The number of nitrogens with zero attached hydrogens (tertiary/aromatic N) is 5. The number of halogens is 1. The Morgan fingerprint density at radius 3 is 2.44 bits per heavy atom. The molecule has 4 heterocycles. The molecule has 186 valence electrons. The molecule has 36 heavy (non-hydrogen) atoms. The van der Waals surface area contributed by atoms with E-state index in [2.05, 4.69) is 20.2 Å². The molecule has 0 amide bonds. The molecule has 2 saturated heterocycles. The minimum Gasteiger partial charge on any atom is -0.457 e. The van der Waals surface area contributed by atoms with Crippen LogP contribution in [-0.2, 0) is 0 Å². The first-order valence-electron chi connectivity index (χ1n) is 12.6. The van der Waals surface area contributed by atoms with Crippen LogP contribution in [0.3, 0.4) is 0 Å². The number of likely N-dealkylation sites (tertiary alicyclic amines) is 1. The quantitative estimate of drug-likeness (QED) is 0.436. The predicted octanol–water partition coefficient (Wildman–Crippen LogP) is 4.20. The number of nitrogens with two attached hydrogens (primary N) is 1. The number of piperidine rings is 2. The van der Waals surface area contributed by atoms with E-state index in [1.54, 1.807) is 4.68 Å². The Balaban J connectivity index is 1.29. The summed E-state index contributed by atoms with van der Waals surface area (Å²) in [6, 6.07) is 17.3. The first-order chi connectivity index (χ1) is 17.7. The molecule has 9 heteroatoms. The first kappa shape index (κ1) is 22.9. The van der Waals surface area contributed by atoms with Gasteiger partial charge in [-0.05, 0) is 68.8 Å². The van der Waals surface area contributed by atoms with Gasteiger partial charge in [0.15, 0.2) is 5.65 Å². The third kappa shape index (κ3) is 4.40. The van der Waals surface area contributed by atoms with Crippen molar-refractivity contribution in [2.24, 2.45) is 0 Å². The molecule has 0 bridgehead atoms. The number of rotatable bonds is 5. The molecule has 6 rings (SSSR count). The molecule has 3 N–H and O–H groups in total. The molecule has 2 aromatic heterocycles. The Morgan fingerprint density at radius 2 is 1.69 bits per heavy atom. The summed E-state index contributed by atoms with van der Waals surface area (Å²) < 4.78 is 23.3. The molecule has 0 spiro atoms. The molecule has 2 aliphatic rings. The van der Waals surface area contributed by atoms with Crippen LogP contribution in [0.2, 0.25) is 0 Å². The van der Waals surface area contributed by atoms with Gasteiger partial charge in [0, 0.05) is 24.7 Å². The fraction of sp³-hybridized carbons (Fsp3) is 0.370. The summed E-state index contributed by atoms with van der Waals surface area (Å²) in [6.07, 6.45) is 3.20. The van der Waals surface area contributed by atoms with E-state index in [0.29, 0.717) is 47.3 Å². The molecule has 2 aromatic carbocycles. The smallest absolute Gasteiger partial charge is 0.164 e. The van der Waals surface area contributed by atoms with E-state index < -0.39 is 12.2 Å². The van der Waals surface area contributed by atoms with Crippen molar-refractivity contribution in [3.8, 4) is 22.8 Å². The minimum absolute atomic E-state index is 0.341. The maximum absolute atomic E-state index is 15.6. The molecule has 2 atom stereocenters. The highest BCUT2D eigenvalue weighted by atomic mass is 19.1. The second-order valence-electron chi connectivity index (χ2n) is 9.54. The Kier molecular flexibility index (Phi) is 6.25. The Morgan fingerprint density at radius 1 is 0.944 bits per heavy atom. The van der Waals surface area contributed by atoms with Crippen molar-refractivity contribution in [3.05, 3.63) is 60.9 Å². The third-order valence-corrected chi connectivity index (χ3v) is 7.30. The van der Waals surface area contributed by atoms with Crippen LogP contribution in [0.1, 0.15) is 25.3 Å². The standard InChI is InChI=1S/C27H30FN7O/c28-22-16-34(19-10-13-30-14-11-19)15-12-23(22)35-27-24(26(29)31-17-32-27)25(33-35)18-6-8-21(9-7-18)36-20-4-2-1-3-5-20/h1-9,17,19,22-23,30H,10-16H2,(H2,29,31,32)/t22-,23?/m1/s1. The zero-order valence-corrected chi connectivity index (χ0v) is 20.1. The Bertz CT molecular complexity index is 1320. The molecule has 0 saturated carbocycles. The number of para-hydroxylation sites is 1. The number of alkyl halides is 1. The molecular weight excluding hydrogens is 457 g/mol. The van der Waals surface area contributed by atoms with E-state index >= 15 is 4.39 Å². The van der Waals surface area contributed by atoms with Gasteiger partial charge < -0.3 is 15.8 Å². The summed E-state index contributed by atoms with van der Waals surface area (Å²) >= 11 is 0. The topological polar surface area (TPSA) is 94.1 Å². The van der Waals surface area contributed by atoms with E-state index in [4.69, 9.17) is 15.6 Å². The van der Waals surface area contributed by atoms with Crippen molar-refractivity contribution in [2.75, 3.05) is 31.9 Å². The molecule has 2 fully saturated rings. The van der Waals surface area contributed by atoms with Gasteiger partial charge in [0.1, 0.15) is 35.5 Å². The average molecular weight is 488 g/mol. The lowest BCUT2D eigenvalue weighted by molar-refractivity contribution is 0.0472. The van der Waals surface area contributed by atoms with E-state index in [1.165, 1.54) is 6.33 Å². The van der Waals surface area contributed by atoms with Crippen molar-refractivity contribution < 1.29 is 9.13 Å². The summed E-state index contributed by atoms with van der Waals surface area (Å²) in [7, 11) is 0. The maximum atomic E-state index is 15.6. The number of anilines is 1. The lowest BCUT2D eigenvalue weighted by Gasteiger charge is -2.41. The molecule has 1 unspecified atom stereocenters. The van der Waals surface area contributed by atoms with Crippen molar-refractivity contribution in [2.45, 2.75) is 37.5 Å². The number of nitrogens with one attached hydrogen (secondary N) is 1. The van der Waals surface area contributed by atoms with Gasteiger partial charge in [0.2, 0.25) is 0 Å². The molecule has 4 aromatic rings. The molecular formula is C27H30FN7O. The number of hydrogen-bond acceptors (Lipinski definition) is 7. The Hall–Kier alpha value is -3.56. The molecule has 0 radical (unpaired) electrons. The number of ether oxygens (including phenoxy) is 1. The van der Waals surface area contributed by atoms with Crippen molar-refractivity contribution >= 4 is 16.9 Å². The second kappa shape index (κ2) is 9.83. The van der Waals surface area contributed by atoms with Crippen LogP contribution in [0.5, 0.6) is 11.5 Å². The van der Waals surface area contributed by atoms with Gasteiger partial charge >= 0.3 is 0 Å². The van der Waals surface area contributed by atoms with Gasteiger partial charge in [-0.2, -0.15) is 5.10 Å². The second-order valence-corrected chi connectivity index (χ2v) is 9.54. The van der Waals surface area contributed by atoms with Crippen LogP contribution in [0.15, 0.2) is 60.9 Å². The largest absolute Gasteiger partial charge is 0.457 e. The van der Waals surface area contributed by atoms with Crippen LogP contribution in [0.25, 0.3) is 22.3 Å². The van der Waals surface area contributed by atoms with E-state index in [9.17, 15) is 0 Å². The zero-order valence-electron chi connectivity index (χ0n) is 20.1. The van der Waals surface area contributed by atoms with Crippen LogP contribution in [-0.4, -0.2) is 63.0 Å². The average Bonchev–Trinajstić information content (AvgIpc) is 3.31. The van der Waals surface area contributed by atoms with Gasteiger partial charge in [-0.1, -0.05) is 18.2 Å². The summed E-state index contributed by atoms with van der Waals surface area (Å²) in [6.45, 7) is 3.26. The fourth-order valence-corrected chi connectivity index (χ4v) is 5.43. The van der Waals surface area contributed by atoms with E-state index in [-0.39, 0.29) is 0 Å². The molecule has 0 aliphatic carbocycles. The number of hydrogen-bond donors (Lipinski definition) is 2. The SMILES string of the molecule is Nc1ncnc2c1c(-c1ccc(Oc3ccccc3)cc1)nn2C1CCN(C2CCNCC2)C[C@H]1F. The van der Waals surface area contributed by atoms with Crippen LogP contribution < -0.4 is 15.8 Å². The van der Waals surface area contributed by atoms with Crippen LogP contribution in [0.4, 0.5) is 10.2 Å². The first-order valence-corrected chi connectivity index (χ1v) is 12.6. The van der Waals surface area contributed by atoms with Crippen LogP contribution in [0, 0.1) is 0 Å². The highest BCUT2D eigenvalue weighted by Crippen LogP contribution is 2.36. The molecule has 8 nitrogen and oxygen atoms in total. The zero-order chi connectivity index (χ0) is 24.5. The number of nitrogen functional groups attached to an aromatic ring is 1. The lowest BCUT2D eigenvalue weighted by atomic mass is 9.97. The third-order valence-electron chi connectivity index (χ3n) is 7.30.